The van der Waals surface area contributed by atoms with Crippen LogP contribution in [0.4, 0.5) is 0 Å². The standard InChI is InChI=1S/C12H18N2O/c13-11-1-5-12(15,6-2-11)9-10-3-7-14-8-4-10/h3-4,7-8,11,15H,1-2,5-6,9,13H2. The van der Waals surface area contributed by atoms with Crippen LogP contribution >= 0.6 is 0 Å². The number of pyridine rings is 1. The maximum Gasteiger partial charge on any atom is 0.0689 e. The molecule has 3 N–H and O–H groups in total. The summed E-state index contributed by atoms with van der Waals surface area (Å²) in [5, 5.41) is 10.4. The van der Waals surface area contributed by atoms with Crippen molar-refractivity contribution in [2.24, 2.45) is 5.73 Å². The Hall–Kier alpha value is -0.930. The van der Waals surface area contributed by atoms with Crippen LogP contribution in [-0.2, 0) is 6.42 Å². The molecule has 0 bridgehead atoms. The number of hydrogen-bond donors (Lipinski definition) is 2. The van der Waals surface area contributed by atoms with Gasteiger partial charge < -0.3 is 10.8 Å². The van der Waals surface area contributed by atoms with E-state index in [9.17, 15) is 5.11 Å². The van der Waals surface area contributed by atoms with E-state index >= 15 is 0 Å². The summed E-state index contributed by atoms with van der Waals surface area (Å²) in [5.74, 6) is 0. The van der Waals surface area contributed by atoms with E-state index in [-0.39, 0.29) is 6.04 Å². The van der Waals surface area contributed by atoms with E-state index < -0.39 is 5.60 Å². The van der Waals surface area contributed by atoms with Crippen molar-refractivity contribution in [2.75, 3.05) is 0 Å². The minimum Gasteiger partial charge on any atom is -0.390 e. The van der Waals surface area contributed by atoms with Crippen molar-refractivity contribution in [2.45, 2.75) is 43.7 Å². The van der Waals surface area contributed by atoms with Crippen LogP contribution in [0, 0.1) is 0 Å². The van der Waals surface area contributed by atoms with Gasteiger partial charge in [-0.3, -0.25) is 4.98 Å². The van der Waals surface area contributed by atoms with Crippen LogP contribution in [-0.4, -0.2) is 21.7 Å². The van der Waals surface area contributed by atoms with E-state index in [0.717, 1.165) is 37.7 Å². The zero-order valence-electron chi connectivity index (χ0n) is 8.89. The first-order valence-corrected chi connectivity index (χ1v) is 5.55. The van der Waals surface area contributed by atoms with Gasteiger partial charge in [0, 0.05) is 24.9 Å². The van der Waals surface area contributed by atoms with Gasteiger partial charge in [-0.05, 0) is 43.4 Å². The Kier molecular flexibility index (Phi) is 3.03. The Morgan fingerprint density at radius 1 is 1.33 bits per heavy atom. The molecule has 0 saturated heterocycles. The highest BCUT2D eigenvalue weighted by molar-refractivity contribution is 5.13. The molecule has 1 aromatic heterocycles. The molecule has 0 aromatic carbocycles. The van der Waals surface area contributed by atoms with Gasteiger partial charge in [-0.15, -0.1) is 0 Å². The highest BCUT2D eigenvalue weighted by Crippen LogP contribution is 2.30. The molecule has 0 unspecified atom stereocenters. The van der Waals surface area contributed by atoms with E-state index in [1.165, 1.54) is 0 Å². The first-order valence-electron chi connectivity index (χ1n) is 5.55. The van der Waals surface area contributed by atoms with Crippen LogP contribution in [0.2, 0.25) is 0 Å². The van der Waals surface area contributed by atoms with Crippen LogP contribution in [0.25, 0.3) is 0 Å². The number of rotatable bonds is 2. The third-order valence-corrected chi connectivity index (χ3v) is 3.24. The highest BCUT2D eigenvalue weighted by atomic mass is 16.3. The molecule has 1 aliphatic rings. The Morgan fingerprint density at radius 3 is 2.53 bits per heavy atom. The molecule has 0 spiro atoms. The van der Waals surface area contributed by atoms with Gasteiger partial charge in [0.25, 0.3) is 0 Å². The third kappa shape index (κ3) is 2.76. The maximum atomic E-state index is 10.4. The summed E-state index contributed by atoms with van der Waals surface area (Å²) in [6.07, 6.45) is 7.76. The van der Waals surface area contributed by atoms with Gasteiger partial charge in [-0.2, -0.15) is 0 Å². The molecule has 15 heavy (non-hydrogen) atoms. The summed E-state index contributed by atoms with van der Waals surface area (Å²) >= 11 is 0. The minimum atomic E-state index is -0.544. The maximum absolute atomic E-state index is 10.4. The zero-order valence-corrected chi connectivity index (χ0v) is 8.89. The second-order valence-electron chi connectivity index (χ2n) is 4.59. The molecule has 3 nitrogen and oxygen atoms in total. The molecular formula is C12H18N2O. The Morgan fingerprint density at radius 2 is 1.93 bits per heavy atom. The summed E-state index contributed by atoms with van der Waals surface area (Å²) < 4.78 is 0. The predicted molar refractivity (Wildman–Crippen MR) is 59.3 cm³/mol. The first kappa shape index (κ1) is 10.6. The van der Waals surface area contributed by atoms with Crippen LogP contribution in [0.15, 0.2) is 24.5 Å². The van der Waals surface area contributed by atoms with Gasteiger partial charge in [-0.25, -0.2) is 0 Å². The predicted octanol–water partition coefficient (Wildman–Crippen LogP) is 1.26. The van der Waals surface area contributed by atoms with Crippen molar-refractivity contribution in [3.8, 4) is 0 Å². The molecular weight excluding hydrogens is 188 g/mol. The fraction of sp³-hybridized carbons (Fsp3) is 0.583. The van der Waals surface area contributed by atoms with Crippen molar-refractivity contribution in [3.63, 3.8) is 0 Å². The molecule has 3 heteroatoms. The molecule has 0 amide bonds. The monoisotopic (exact) mass is 206 g/mol. The lowest BCUT2D eigenvalue weighted by Crippen LogP contribution is -2.40. The SMILES string of the molecule is NC1CCC(O)(Cc2ccncc2)CC1. The minimum absolute atomic E-state index is 0.280. The summed E-state index contributed by atoms with van der Waals surface area (Å²) in [6.45, 7) is 0. The molecule has 1 aromatic rings. The Bertz CT molecular complexity index is 305. The van der Waals surface area contributed by atoms with Gasteiger partial charge >= 0.3 is 0 Å². The van der Waals surface area contributed by atoms with E-state index in [0.29, 0.717) is 0 Å². The summed E-state index contributed by atoms with van der Waals surface area (Å²) in [6, 6.07) is 4.21. The van der Waals surface area contributed by atoms with Crippen LogP contribution in [0.5, 0.6) is 0 Å². The fourth-order valence-electron chi connectivity index (χ4n) is 2.23. The molecule has 1 fully saturated rings. The van der Waals surface area contributed by atoms with E-state index in [1.54, 1.807) is 12.4 Å². The lowest BCUT2D eigenvalue weighted by atomic mass is 9.79. The Balaban J connectivity index is 1.99. The number of nitrogens with zero attached hydrogens (tertiary/aromatic N) is 1. The zero-order chi connectivity index (χ0) is 10.7. The lowest BCUT2D eigenvalue weighted by molar-refractivity contribution is 0.000203. The second-order valence-corrected chi connectivity index (χ2v) is 4.59. The van der Waals surface area contributed by atoms with Crippen LogP contribution in [0.3, 0.4) is 0 Å². The first-order chi connectivity index (χ1) is 7.18. The van der Waals surface area contributed by atoms with Gasteiger partial charge in [0.15, 0.2) is 0 Å². The summed E-state index contributed by atoms with van der Waals surface area (Å²) in [4.78, 5) is 3.97. The molecule has 1 aliphatic carbocycles. The Labute approximate surface area is 90.3 Å². The van der Waals surface area contributed by atoms with Crippen molar-refractivity contribution in [1.82, 2.24) is 4.98 Å². The number of hydrogen-bond acceptors (Lipinski definition) is 3. The van der Waals surface area contributed by atoms with Gasteiger partial charge in [0.1, 0.15) is 0 Å². The van der Waals surface area contributed by atoms with Gasteiger partial charge in [-0.1, -0.05) is 0 Å². The van der Waals surface area contributed by atoms with Gasteiger partial charge in [0.2, 0.25) is 0 Å². The van der Waals surface area contributed by atoms with Crippen LogP contribution < -0.4 is 5.73 Å². The van der Waals surface area contributed by atoms with Crippen molar-refractivity contribution in [1.29, 1.82) is 0 Å². The van der Waals surface area contributed by atoms with Crippen molar-refractivity contribution < 1.29 is 5.11 Å². The number of nitrogens with two attached hydrogens (primary N) is 1. The molecule has 1 heterocycles. The fourth-order valence-corrected chi connectivity index (χ4v) is 2.23. The molecule has 0 radical (unpaired) electrons. The number of aromatic nitrogens is 1. The molecule has 82 valence electrons. The molecule has 1 saturated carbocycles. The highest BCUT2D eigenvalue weighted by Gasteiger charge is 2.31. The molecule has 2 rings (SSSR count). The smallest absolute Gasteiger partial charge is 0.0689 e. The quantitative estimate of drug-likeness (QED) is 0.765. The van der Waals surface area contributed by atoms with E-state index in [4.69, 9.17) is 5.73 Å². The summed E-state index contributed by atoms with van der Waals surface area (Å²) in [7, 11) is 0. The molecule has 0 aliphatic heterocycles. The summed E-state index contributed by atoms with van der Waals surface area (Å²) in [5.41, 5.74) is 6.44. The average molecular weight is 206 g/mol. The third-order valence-electron chi connectivity index (χ3n) is 3.24. The van der Waals surface area contributed by atoms with Crippen molar-refractivity contribution in [3.05, 3.63) is 30.1 Å². The lowest BCUT2D eigenvalue weighted by Gasteiger charge is -2.34. The normalized spacial score (nSPS) is 31.5. The van der Waals surface area contributed by atoms with Crippen molar-refractivity contribution >= 4 is 0 Å². The number of aliphatic hydroxyl groups is 1. The van der Waals surface area contributed by atoms with Crippen LogP contribution in [0.1, 0.15) is 31.2 Å². The largest absolute Gasteiger partial charge is 0.390 e. The second kappa shape index (κ2) is 4.29. The molecule has 0 atom stereocenters. The average Bonchev–Trinajstić information content (AvgIpc) is 2.24. The topological polar surface area (TPSA) is 59.1 Å². The van der Waals surface area contributed by atoms with E-state index in [1.807, 2.05) is 12.1 Å². The van der Waals surface area contributed by atoms with Gasteiger partial charge in [0.05, 0.1) is 5.60 Å². The van der Waals surface area contributed by atoms with E-state index in [2.05, 4.69) is 4.98 Å².